The number of nitrogens with one attached hydrogen (secondary N) is 1. The van der Waals surface area contributed by atoms with E-state index in [9.17, 15) is 9.59 Å². The lowest BCUT2D eigenvalue weighted by atomic mass is 10.0. The SMILES string of the molecule is Cc1ccc(SCCC(=O)Nc2cccc(C(=O)N3CCc4sccc4C3)c2C)cc1. The average Bonchev–Trinajstić information content (AvgIpc) is 3.24. The van der Waals surface area contributed by atoms with Crippen molar-refractivity contribution in [2.24, 2.45) is 0 Å². The van der Waals surface area contributed by atoms with Crippen LogP contribution in [0, 0.1) is 13.8 Å². The van der Waals surface area contributed by atoms with Crippen LogP contribution in [0.25, 0.3) is 0 Å². The minimum absolute atomic E-state index is 0.0281. The molecule has 31 heavy (non-hydrogen) atoms. The largest absolute Gasteiger partial charge is 0.334 e. The van der Waals surface area contributed by atoms with Crippen LogP contribution in [0.3, 0.4) is 0 Å². The highest BCUT2D eigenvalue weighted by Gasteiger charge is 2.24. The van der Waals surface area contributed by atoms with Gasteiger partial charge in [0.15, 0.2) is 0 Å². The van der Waals surface area contributed by atoms with Crippen molar-refractivity contribution in [3.63, 3.8) is 0 Å². The smallest absolute Gasteiger partial charge is 0.254 e. The molecule has 0 saturated carbocycles. The Morgan fingerprint density at radius 3 is 2.71 bits per heavy atom. The Labute approximate surface area is 191 Å². The zero-order chi connectivity index (χ0) is 21.8. The Hall–Kier alpha value is -2.57. The van der Waals surface area contributed by atoms with Crippen LogP contribution in [0.5, 0.6) is 0 Å². The lowest BCUT2D eigenvalue weighted by Gasteiger charge is -2.28. The maximum atomic E-state index is 13.2. The summed E-state index contributed by atoms with van der Waals surface area (Å²) in [6.07, 6.45) is 1.33. The van der Waals surface area contributed by atoms with Crippen LogP contribution in [-0.4, -0.2) is 29.0 Å². The Balaban J connectivity index is 1.36. The molecule has 0 spiro atoms. The molecule has 0 unspecified atom stereocenters. The molecule has 1 aliphatic heterocycles. The maximum Gasteiger partial charge on any atom is 0.254 e. The summed E-state index contributed by atoms with van der Waals surface area (Å²) in [5.74, 6) is 0.706. The topological polar surface area (TPSA) is 49.4 Å². The molecule has 0 aliphatic carbocycles. The number of benzene rings is 2. The second-order valence-electron chi connectivity index (χ2n) is 7.78. The van der Waals surface area contributed by atoms with E-state index >= 15 is 0 Å². The van der Waals surface area contributed by atoms with Gasteiger partial charge in [0.05, 0.1) is 0 Å². The van der Waals surface area contributed by atoms with E-state index < -0.39 is 0 Å². The van der Waals surface area contributed by atoms with Gasteiger partial charge < -0.3 is 10.2 Å². The summed E-state index contributed by atoms with van der Waals surface area (Å²) >= 11 is 3.44. The Kier molecular flexibility index (Phi) is 6.78. The number of aryl methyl sites for hydroxylation is 1. The van der Waals surface area contributed by atoms with E-state index in [4.69, 9.17) is 0 Å². The van der Waals surface area contributed by atoms with Crippen molar-refractivity contribution in [3.8, 4) is 0 Å². The second-order valence-corrected chi connectivity index (χ2v) is 9.95. The first-order valence-electron chi connectivity index (χ1n) is 10.4. The molecule has 0 atom stereocenters. The molecule has 1 aromatic heterocycles. The highest BCUT2D eigenvalue weighted by molar-refractivity contribution is 7.99. The van der Waals surface area contributed by atoms with Gasteiger partial charge in [-0.05, 0) is 67.1 Å². The van der Waals surface area contributed by atoms with Gasteiger partial charge in [0.25, 0.3) is 5.91 Å². The molecule has 4 nitrogen and oxygen atoms in total. The molecule has 3 aromatic rings. The van der Waals surface area contributed by atoms with Crippen LogP contribution in [0.1, 0.15) is 38.3 Å². The first-order chi connectivity index (χ1) is 15.0. The molecule has 0 fully saturated rings. The lowest BCUT2D eigenvalue weighted by molar-refractivity contribution is -0.115. The van der Waals surface area contributed by atoms with E-state index in [1.54, 1.807) is 23.1 Å². The summed E-state index contributed by atoms with van der Waals surface area (Å²) in [4.78, 5) is 30.1. The van der Waals surface area contributed by atoms with E-state index in [1.807, 2.05) is 30.0 Å². The average molecular weight is 451 g/mol. The Morgan fingerprint density at radius 2 is 1.90 bits per heavy atom. The van der Waals surface area contributed by atoms with Crippen LogP contribution in [0.15, 0.2) is 58.8 Å². The van der Waals surface area contributed by atoms with Gasteiger partial charge in [0.2, 0.25) is 5.91 Å². The number of fused-ring (bicyclic) bond motifs is 1. The van der Waals surface area contributed by atoms with Crippen LogP contribution in [-0.2, 0) is 17.8 Å². The van der Waals surface area contributed by atoms with Crippen LogP contribution < -0.4 is 5.32 Å². The zero-order valence-electron chi connectivity index (χ0n) is 17.8. The van der Waals surface area contributed by atoms with E-state index in [0.717, 1.165) is 23.4 Å². The summed E-state index contributed by atoms with van der Waals surface area (Å²) in [5, 5.41) is 5.09. The molecule has 2 amide bonds. The number of thiophene rings is 1. The number of anilines is 1. The molecule has 2 aromatic carbocycles. The number of thioether (sulfide) groups is 1. The van der Waals surface area contributed by atoms with Gasteiger partial charge in [-0.25, -0.2) is 0 Å². The summed E-state index contributed by atoms with van der Waals surface area (Å²) in [6, 6.07) is 16.0. The van der Waals surface area contributed by atoms with Crippen LogP contribution in [0.4, 0.5) is 5.69 Å². The standard InChI is InChI=1S/C25H26N2O2S2/c1-17-6-8-20(9-7-17)30-15-12-24(28)26-22-5-3-4-21(18(22)2)25(29)27-13-10-23-19(16-27)11-14-31-23/h3-9,11,14H,10,12-13,15-16H2,1-2H3,(H,26,28). The molecule has 160 valence electrons. The number of carbonyl (C=O) groups is 2. The summed E-state index contributed by atoms with van der Waals surface area (Å²) < 4.78 is 0. The summed E-state index contributed by atoms with van der Waals surface area (Å²) in [7, 11) is 0. The molecule has 2 heterocycles. The summed E-state index contributed by atoms with van der Waals surface area (Å²) in [5.41, 5.74) is 4.67. The molecule has 1 N–H and O–H groups in total. The summed E-state index contributed by atoms with van der Waals surface area (Å²) in [6.45, 7) is 5.36. The van der Waals surface area contributed by atoms with Gasteiger partial charge in [0.1, 0.15) is 0 Å². The first kappa shape index (κ1) is 21.7. The van der Waals surface area contributed by atoms with Crippen molar-refractivity contribution in [1.82, 2.24) is 4.90 Å². The number of carbonyl (C=O) groups excluding carboxylic acids is 2. The fraction of sp³-hybridized carbons (Fsp3) is 0.280. The number of hydrogen-bond donors (Lipinski definition) is 1. The molecular weight excluding hydrogens is 424 g/mol. The van der Waals surface area contributed by atoms with Crippen molar-refractivity contribution < 1.29 is 9.59 Å². The van der Waals surface area contributed by atoms with Crippen molar-refractivity contribution in [1.29, 1.82) is 0 Å². The van der Waals surface area contributed by atoms with Gasteiger partial charge >= 0.3 is 0 Å². The fourth-order valence-electron chi connectivity index (χ4n) is 3.70. The van der Waals surface area contributed by atoms with Gasteiger partial charge in [-0.15, -0.1) is 23.1 Å². The van der Waals surface area contributed by atoms with Crippen molar-refractivity contribution in [3.05, 3.63) is 81.0 Å². The third kappa shape index (κ3) is 5.20. The monoisotopic (exact) mass is 450 g/mol. The van der Waals surface area contributed by atoms with E-state index in [0.29, 0.717) is 30.0 Å². The van der Waals surface area contributed by atoms with E-state index in [2.05, 4.69) is 48.0 Å². The third-order valence-electron chi connectivity index (χ3n) is 5.55. The number of nitrogens with zero attached hydrogens (tertiary/aromatic N) is 1. The van der Waals surface area contributed by atoms with Crippen LogP contribution >= 0.6 is 23.1 Å². The second kappa shape index (κ2) is 9.71. The van der Waals surface area contributed by atoms with Crippen LogP contribution in [0.2, 0.25) is 0 Å². The van der Waals surface area contributed by atoms with Crippen molar-refractivity contribution >= 4 is 40.6 Å². The molecule has 0 saturated heterocycles. The molecular formula is C25H26N2O2S2. The van der Waals surface area contributed by atoms with E-state index in [-0.39, 0.29) is 11.8 Å². The number of amides is 2. The van der Waals surface area contributed by atoms with Gasteiger partial charge in [-0.1, -0.05) is 23.8 Å². The molecule has 0 radical (unpaired) electrons. The fourth-order valence-corrected chi connectivity index (χ4v) is 5.45. The minimum atomic E-state index is -0.0341. The highest BCUT2D eigenvalue weighted by Crippen LogP contribution is 2.27. The molecule has 1 aliphatic rings. The lowest BCUT2D eigenvalue weighted by Crippen LogP contribution is -2.35. The Bertz CT molecular complexity index is 1090. The quantitative estimate of drug-likeness (QED) is 0.491. The first-order valence-corrected chi connectivity index (χ1v) is 12.3. The van der Waals surface area contributed by atoms with E-state index in [1.165, 1.54) is 16.0 Å². The number of rotatable bonds is 6. The van der Waals surface area contributed by atoms with Gasteiger partial charge in [0, 0.05) is 46.3 Å². The van der Waals surface area contributed by atoms with Crippen molar-refractivity contribution in [2.75, 3.05) is 17.6 Å². The highest BCUT2D eigenvalue weighted by atomic mass is 32.2. The molecule has 4 rings (SSSR count). The minimum Gasteiger partial charge on any atom is -0.334 e. The predicted molar refractivity (Wildman–Crippen MR) is 129 cm³/mol. The molecule has 0 bridgehead atoms. The van der Waals surface area contributed by atoms with Gasteiger partial charge in [-0.2, -0.15) is 0 Å². The Morgan fingerprint density at radius 1 is 1.10 bits per heavy atom. The normalized spacial score (nSPS) is 13.0. The van der Waals surface area contributed by atoms with Crippen molar-refractivity contribution in [2.45, 2.75) is 38.1 Å². The predicted octanol–water partition coefficient (Wildman–Crippen LogP) is 5.68. The van der Waals surface area contributed by atoms with Gasteiger partial charge in [-0.3, -0.25) is 9.59 Å². The molecule has 6 heteroatoms. The number of hydrogen-bond acceptors (Lipinski definition) is 4. The zero-order valence-corrected chi connectivity index (χ0v) is 19.4. The maximum absolute atomic E-state index is 13.2. The third-order valence-corrected chi connectivity index (χ3v) is 7.59.